The predicted octanol–water partition coefficient (Wildman–Crippen LogP) is 3.04. The summed E-state index contributed by atoms with van der Waals surface area (Å²) in [5, 5.41) is 3.21. The molecule has 1 fully saturated rings. The van der Waals surface area contributed by atoms with Gasteiger partial charge in [-0.25, -0.2) is 4.79 Å². The van der Waals surface area contributed by atoms with Gasteiger partial charge < -0.3 is 10.2 Å². The summed E-state index contributed by atoms with van der Waals surface area (Å²) >= 11 is 0. The standard InChI is InChI=1S/C19H21N3O/c23-19(22-13-10-15-6-4-5-9-18(15)22)20-16-11-12-21(14-16)17-7-2-1-3-8-17/h1-9,16H,10-14H2,(H,20,23)/t16-/m1/s1. The van der Waals surface area contributed by atoms with Crippen molar-refractivity contribution >= 4 is 17.4 Å². The van der Waals surface area contributed by atoms with Crippen LogP contribution in [0, 0.1) is 0 Å². The highest BCUT2D eigenvalue weighted by Gasteiger charge is 2.29. The van der Waals surface area contributed by atoms with Gasteiger partial charge in [-0.3, -0.25) is 4.90 Å². The van der Waals surface area contributed by atoms with Crippen molar-refractivity contribution in [2.75, 3.05) is 29.4 Å². The zero-order valence-corrected chi connectivity index (χ0v) is 13.1. The number of urea groups is 1. The van der Waals surface area contributed by atoms with Crippen molar-refractivity contribution in [3.05, 3.63) is 60.2 Å². The van der Waals surface area contributed by atoms with Crippen LogP contribution in [0.2, 0.25) is 0 Å². The summed E-state index contributed by atoms with van der Waals surface area (Å²) in [5.74, 6) is 0. The van der Waals surface area contributed by atoms with E-state index in [0.29, 0.717) is 0 Å². The van der Waals surface area contributed by atoms with E-state index in [1.54, 1.807) is 0 Å². The van der Waals surface area contributed by atoms with Crippen LogP contribution in [0.25, 0.3) is 0 Å². The van der Waals surface area contributed by atoms with Crippen molar-refractivity contribution in [1.82, 2.24) is 5.32 Å². The number of carbonyl (C=O) groups excluding carboxylic acids is 1. The van der Waals surface area contributed by atoms with Gasteiger partial charge in [-0.2, -0.15) is 0 Å². The smallest absolute Gasteiger partial charge is 0.322 e. The second-order valence-corrected chi connectivity index (χ2v) is 6.25. The third-order valence-electron chi connectivity index (χ3n) is 4.77. The Balaban J connectivity index is 1.39. The fraction of sp³-hybridized carbons (Fsp3) is 0.316. The topological polar surface area (TPSA) is 35.6 Å². The number of hydrogen-bond donors (Lipinski definition) is 1. The van der Waals surface area contributed by atoms with Crippen molar-refractivity contribution in [3.8, 4) is 0 Å². The molecule has 1 atom stereocenters. The summed E-state index contributed by atoms with van der Waals surface area (Å²) < 4.78 is 0. The van der Waals surface area contributed by atoms with Crippen molar-refractivity contribution in [2.45, 2.75) is 18.9 Å². The molecule has 0 bridgehead atoms. The number of hydrogen-bond acceptors (Lipinski definition) is 2. The summed E-state index contributed by atoms with van der Waals surface area (Å²) in [6, 6.07) is 18.8. The second-order valence-electron chi connectivity index (χ2n) is 6.25. The minimum absolute atomic E-state index is 0.0369. The van der Waals surface area contributed by atoms with E-state index in [9.17, 15) is 4.79 Å². The summed E-state index contributed by atoms with van der Waals surface area (Å²) in [6.07, 6.45) is 1.94. The monoisotopic (exact) mass is 307 g/mol. The molecule has 0 saturated carbocycles. The van der Waals surface area contributed by atoms with E-state index >= 15 is 0 Å². The fourth-order valence-corrected chi connectivity index (χ4v) is 3.55. The molecular weight excluding hydrogens is 286 g/mol. The number of nitrogens with zero attached hydrogens (tertiary/aromatic N) is 2. The SMILES string of the molecule is O=C(N[C@@H]1CCN(c2ccccc2)C1)N1CCc2ccccc21. The molecule has 1 N–H and O–H groups in total. The van der Waals surface area contributed by atoms with Crippen LogP contribution < -0.4 is 15.1 Å². The maximum Gasteiger partial charge on any atom is 0.322 e. The minimum atomic E-state index is 0.0369. The Hall–Kier alpha value is -2.49. The molecule has 2 aliphatic heterocycles. The van der Waals surface area contributed by atoms with Gasteiger partial charge in [0.15, 0.2) is 0 Å². The van der Waals surface area contributed by atoms with Crippen LogP contribution in [0.4, 0.5) is 16.2 Å². The lowest BCUT2D eigenvalue weighted by molar-refractivity contribution is 0.244. The lowest BCUT2D eigenvalue weighted by atomic mass is 10.2. The van der Waals surface area contributed by atoms with Gasteiger partial charge in [0.25, 0.3) is 0 Å². The molecule has 118 valence electrons. The molecule has 0 aliphatic carbocycles. The summed E-state index contributed by atoms with van der Waals surface area (Å²) in [6.45, 7) is 2.65. The molecular formula is C19H21N3O. The van der Waals surface area contributed by atoms with Gasteiger partial charge in [-0.05, 0) is 36.6 Å². The third kappa shape index (κ3) is 2.77. The number of nitrogens with one attached hydrogen (secondary N) is 1. The maximum absolute atomic E-state index is 12.6. The van der Waals surface area contributed by atoms with E-state index in [0.717, 1.165) is 38.2 Å². The van der Waals surface area contributed by atoms with Crippen molar-refractivity contribution in [2.24, 2.45) is 0 Å². The van der Waals surface area contributed by atoms with Gasteiger partial charge in [0, 0.05) is 37.1 Å². The van der Waals surface area contributed by atoms with Gasteiger partial charge in [0.05, 0.1) is 0 Å². The van der Waals surface area contributed by atoms with E-state index in [-0.39, 0.29) is 12.1 Å². The van der Waals surface area contributed by atoms with Crippen LogP contribution in [0.15, 0.2) is 54.6 Å². The maximum atomic E-state index is 12.6. The molecule has 0 unspecified atom stereocenters. The lowest BCUT2D eigenvalue weighted by Gasteiger charge is -2.22. The van der Waals surface area contributed by atoms with Crippen LogP contribution in [0.3, 0.4) is 0 Å². The van der Waals surface area contributed by atoms with Gasteiger partial charge >= 0.3 is 6.03 Å². The van der Waals surface area contributed by atoms with Crippen molar-refractivity contribution in [1.29, 1.82) is 0 Å². The highest BCUT2D eigenvalue weighted by Crippen LogP contribution is 2.27. The third-order valence-corrected chi connectivity index (χ3v) is 4.77. The molecule has 2 aromatic rings. The number of amides is 2. The average Bonchev–Trinajstić information content (AvgIpc) is 3.22. The molecule has 2 amide bonds. The number of anilines is 2. The van der Waals surface area contributed by atoms with Crippen LogP contribution in [-0.4, -0.2) is 31.7 Å². The molecule has 2 aromatic carbocycles. The Bertz CT molecular complexity index is 701. The van der Waals surface area contributed by atoms with Crippen molar-refractivity contribution < 1.29 is 4.79 Å². The first-order valence-electron chi connectivity index (χ1n) is 8.27. The summed E-state index contributed by atoms with van der Waals surface area (Å²) in [5.41, 5.74) is 3.55. The molecule has 4 rings (SSSR count). The van der Waals surface area contributed by atoms with Gasteiger partial charge in [-0.1, -0.05) is 36.4 Å². The molecule has 4 nitrogen and oxygen atoms in total. The summed E-state index contributed by atoms with van der Waals surface area (Å²) in [4.78, 5) is 16.8. The van der Waals surface area contributed by atoms with Crippen molar-refractivity contribution in [3.63, 3.8) is 0 Å². The van der Waals surface area contributed by atoms with E-state index in [4.69, 9.17) is 0 Å². The molecule has 23 heavy (non-hydrogen) atoms. The molecule has 0 aromatic heterocycles. The Labute approximate surface area is 136 Å². The number of benzene rings is 2. The number of para-hydroxylation sites is 2. The van der Waals surface area contributed by atoms with Crippen LogP contribution in [0.5, 0.6) is 0 Å². The van der Waals surface area contributed by atoms with E-state index < -0.39 is 0 Å². The Morgan fingerprint density at radius 1 is 1.00 bits per heavy atom. The molecule has 2 heterocycles. The Morgan fingerprint density at radius 3 is 2.65 bits per heavy atom. The molecule has 2 aliphatic rings. The first-order chi connectivity index (χ1) is 11.3. The normalized spacial score (nSPS) is 19.7. The molecule has 4 heteroatoms. The number of fused-ring (bicyclic) bond motifs is 1. The first kappa shape index (κ1) is 14.1. The first-order valence-corrected chi connectivity index (χ1v) is 8.27. The second kappa shape index (κ2) is 5.95. The molecule has 1 saturated heterocycles. The summed E-state index contributed by atoms with van der Waals surface area (Å²) in [7, 11) is 0. The average molecular weight is 307 g/mol. The quantitative estimate of drug-likeness (QED) is 0.925. The Morgan fingerprint density at radius 2 is 1.78 bits per heavy atom. The zero-order chi connectivity index (χ0) is 15.6. The molecule has 0 spiro atoms. The highest BCUT2D eigenvalue weighted by atomic mass is 16.2. The molecule has 0 radical (unpaired) electrons. The van der Waals surface area contributed by atoms with Crippen LogP contribution >= 0.6 is 0 Å². The van der Waals surface area contributed by atoms with E-state index in [2.05, 4.69) is 40.5 Å². The zero-order valence-electron chi connectivity index (χ0n) is 13.1. The van der Waals surface area contributed by atoms with Crippen LogP contribution in [-0.2, 0) is 6.42 Å². The highest BCUT2D eigenvalue weighted by molar-refractivity contribution is 5.94. The van der Waals surface area contributed by atoms with Gasteiger partial charge in [0.1, 0.15) is 0 Å². The predicted molar refractivity (Wildman–Crippen MR) is 93.1 cm³/mol. The fourth-order valence-electron chi connectivity index (χ4n) is 3.55. The lowest BCUT2D eigenvalue weighted by Crippen LogP contribution is -2.45. The Kier molecular flexibility index (Phi) is 3.66. The largest absolute Gasteiger partial charge is 0.369 e. The van der Waals surface area contributed by atoms with Gasteiger partial charge in [-0.15, -0.1) is 0 Å². The minimum Gasteiger partial charge on any atom is -0.369 e. The van der Waals surface area contributed by atoms with E-state index in [1.807, 2.05) is 29.2 Å². The van der Waals surface area contributed by atoms with Crippen LogP contribution in [0.1, 0.15) is 12.0 Å². The van der Waals surface area contributed by atoms with Gasteiger partial charge in [0.2, 0.25) is 0 Å². The number of rotatable bonds is 2. The number of carbonyl (C=O) groups is 1. The van der Waals surface area contributed by atoms with E-state index in [1.165, 1.54) is 11.3 Å².